The maximum Gasteiger partial charge on any atom is 0.246 e. The van der Waals surface area contributed by atoms with Crippen molar-refractivity contribution in [3.8, 4) is 0 Å². The van der Waals surface area contributed by atoms with Crippen LogP contribution in [0.3, 0.4) is 0 Å². The van der Waals surface area contributed by atoms with Gasteiger partial charge >= 0.3 is 0 Å². The van der Waals surface area contributed by atoms with Crippen LogP contribution in [0.1, 0.15) is 10.6 Å². The minimum atomic E-state index is -4.22. The van der Waals surface area contributed by atoms with Gasteiger partial charge in [0.05, 0.1) is 12.8 Å². The van der Waals surface area contributed by atoms with Gasteiger partial charge in [-0.25, -0.2) is 17.2 Å². The van der Waals surface area contributed by atoms with E-state index in [0.29, 0.717) is 18.2 Å². The van der Waals surface area contributed by atoms with E-state index >= 15 is 0 Å². The average molecular weight is 383 g/mol. The fourth-order valence-electron chi connectivity index (χ4n) is 2.36. The Balaban J connectivity index is 1.92. The van der Waals surface area contributed by atoms with Gasteiger partial charge in [0.15, 0.2) is 0 Å². The van der Waals surface area contributed by atoms with E-state index in [9.17, 15) is 17.2 Å². The van der Waals surface area contributed by atoms with Crippen molar-refractivity contribution in [2.75, 3.05) is 6.54 Å². The molecule has 0 radical (unpaired) electrons. The Labute approximate surface area is 148 Å². The molecule has 132 valence electrons. The molecule has 3 rings (SSSR count). The molecule has 0 saturated carbocycles. The number of hydrogen-bond donors (Lipinski definition) is 0. The van der Waals surface area contributed by atoms with Gasteiger partial charge < -0.3 is 4.42 Å². The highest BCUT2D eigenvalue weighted by Crippen LogP contribution is 2.23. The van der Waals surface area contributed by atoms with Crippen molar-refractivity contribution in [2.45, 2.75) is 17.9 Å². The molecule has 2 aromatic heterocycles. The average Bonchev–Trinajstić information content (AvgIpc) is 3.26. The number of hydrogen-bond acceptors (Lipinski definition) is 4. The van der Waals surface area contributed by atoms with Gasteiger partial charge in [-0.2, -0.15) is 4.31 Å². The lowest BCUT2D eigenvalue weighted by Gasteiger charge is -2.21. The van der Waals surface area contributed by atoms with Crippen LogP contribution in [-0.4, -0.2) is 19.3 Å². The summed E-state index contributed by atoms with van der Waals surface area (Å²) in [6.45, 7) is 0.0656. The normalized spacial score (nSPS) is 12.0. The van der Waals surface area contributed by atoms with Crippen molar-refractivity contribution < 1.29 is 21.6 Å². The van der Waals surface area contributed by atoms with Crippen LogP contribution in [0.4, 0.5) is 8.78 Å². The summed E-state index contributed by atoms with van der Waals surface area (Å²) in [4.78, 5) is 0.324. The predicted molar refractivity (Wildman–Crippen MR) is 90.7 cm³/mol. The first-order valence-electron chi connectivity index (χ1n) is 7.47. The highest BCUT2D eigenvalue weighted by atomic mass is 32.2. The van der Waals surface area contributed by atoms with Gasteiger partial charge in [-0.3, -0.25) is 0 Å². The van der Waals surface area contributed by atoms with Crippen molar-refractivity contribution >= 4 is 21.4 Å². The van der Waals surface area contributed by atoms with E-state index < -0.39 is 26.6 Å². The van der Waals surface area contributed by atoms with Crippen LogP contribution in [0, 0.1) is 11.6 Å². The van der Waals surface area contributed by atoms with Gasteiger partial charge in [-0.15, -0.1) is 11.3 Å². The van der Waals surface area contributed by atoms with Crippen LogP contribution >= 0.6 is 11.3 Å². The quantitative estimate of drug-likeness (QED) is 0.618. The molecule has 0 aliphatic carbocycles. The minimum Gasteiger partial charge on any atom is -0.468 e. The Morgan fingerprint density at radius 2 is 1.96 bits per heavy atom. The van der Waals surface area contributed by atoms with Gasteiger partial charge in [0.25, 0.3) is 0 Å². The zero-order valence-corrected chi connectivity index (χ0v) is 14.7. The third-order valence-corrected chi connectivity index (χ3v) is 6.41. The third-order valence-electron chi connectivity index (χ3n) is 3.61. The molecule has 0 N–H and O–H groups in total. The molecule has 0 aliphatic heterocycles. The maximum absolute atomic E-state index is 14.0. The van der Waals surface area contributed by atoms with Gasteiger partial charge in [0.1, 0.15) is 22.3 Å². The second-order valence-electron chi connectivity index (χ2n) is 5.32. The van der Waals surface area contributed by atoms with E-state index in [1.807, 2.05) is 17.5 Å². The molecule has 0 spiro atoms. The molecule has 0 bridgehead atoms. The summed E-state index contributed by atoms with van der Waals surface area (Å²) in [7, 11) is -4.22. The smallest absolute Gasteiger partial charge is 0.246 e. The Morgan fingerprint density at radius 1 is 1.12 bits per heavy atom. The molecule has 0 atom stereocenters. The lowest BCUT2D eigenvalue weighted by atomic mass is 10.3. The van der Waals surface area contributed by atoms with E-state index in [1.165, 1.54) is 17.6 Å². The Kier molecular flexibility index (Phi) is 5.31. The molecular formula is C17H15F2NO3S2. The number of nitrogens with zero attached hydrogens (tertiary/aromatic N) is 1. The van der Waals surface area contributed by atoms with Gasteiger partial charge in [-0.1, -0.05) is 6.07 Å². The topological polar surface area (TPSA) is 50.5 Å². The minimum absolute atomic E-state index is 0.0589. The van der Waals surface area contributed by atoms with Crippen molar-refractivity contribution in [3.05, 3.63) is 76.4 Å². The van der Waals surface area contributed by atoms with Crippen LogP contribution in [0.25, 0.3) is 0 Å². The number of benzene rings is 1. The van der Waals surface area contributed by atoms with Crippen LogP contribution < -0.4 is 0 Å². The summed E-state index contributed by atoms with van der Waals surface area (Å²) in [5, 5.41) is 1.90. The Hall–Kier alpha value is -2.03. The van der Waals surface area contributed by atoms with E-state index in [4.69, 9.17) is 4.42 Å². The number of rotatable bonds is 7. The summed E-state index contributed by atoms with van der Waals surface area (Å²) in [6.07, 6.45) is 1.90. The molecule has 25 heavy (non-hydrogen) atoms. The second kappa shape index (κ2) is 7.47. The summed E-state index contributed by atoms with van der Waals surface area (Å²) >= 11 is 1.51. The van der Waals surface area contributed by atoms with E-state index in [-0.39, 0.29) is 13.1 Å². The van der Waals surface area contributed by atoms with Crippen molar-refractivity contribution in [1.82, 2.24) is 4.31 Å². The molecule has 2 heterocycles. The first kappa shape index (κ1) is 17.8. The SMILES string of the molecule is O=S(=O)(c1cc(F)ccc1F)N(CCc1cccs1)Cc1ccco1. The molecule has 0 aliphatic rings. The molecule has 0 fully saturated rings. The van der Waals surface area contributed by atoms with E-state index in [0.717, 1.165) is 21.3 Å². The molecule has 0 unspecified atom stereocenters. The van der Waals surface area contributed by atoms with Crippen LogP contribution in [0.2, 0.25) is 0 Å². The lowest BCUT2D eigenvalue weighted by molar-refractivity contribution is 0.364. The number of sulfonamides is 1. The van der Waals surface area contributed by atoms with E-state index in [2.05, 4.69) is 0 Å². The molecular weight excluding hydrogens is 368 g/mol. The number of halogens is 2. The molecule has 1 aromatic carbocycles. The lowest BCUT2D eigenvalue weighted by Crippen LogP contribution is -2.33. The van der Waals surface area contributed by atoms with Gasteiger partial charge in [0.2, 0.25) is 10.0 Å². The highest BCUT2D eigenvalue weighted by Gasteiger charge is 2.28. The standard InChI is InChI=1S/C17H15F2NO3S2/c18-13-5-6-16(19)17(11-13)25(21,22)20(12-14-3-1-9-23-14)8-7-15-4-2-10-24-15/h1-6,9-11H,7-8,12H2. The molecule has 4 nitrogen and oxygen atoms in total. The Morgan fingerprint density at radius 3 is 2.64 bits per heavy atom. The fourth-order valence-corrected chi connectivity index (χ4v) is 4.55. The maximum atomic E-state index is 14.0. The predicted octanol–water partition coefficient (Wildman–Crippen LogP) is 4.05. The number of thiophene rings is 1. The molecule has 8 heteroatoms. The van der Waals surface area contributed by atoms with E-state index in [1.54, 1.807) is 12.1 Å². The fraction of sp³-hybridized carbons (Fsp3) is 0.176. The number of furan rings is 1. The molecule has 3 aromatic rings. The summed E-state index contributed by atoms with van der Waals surface area (Å²) in [6, 6.07) is 9.44. The van der Waals surface area contributed by atoms with Crippen molar-refractivity contribution in [2.24, 2.45) is 0 Å². The zero-order valence-electron chi connectivity index (χ0n) is 13.1. The van der Waals surface area contributed by atoms with Crippen LogP contribution in [0.15, 0.2) is 63.4 Å². The van der Waals surface area contributed by atoms with Crippen LogP contribution in [-0.2, 0) is 23.0 Å². The van der Waals surface area contributed by atoms with Gasteiger partial charge in [0, 0.05) is 11.4 Å². The summed E-state index contributed by atoms with van der Waals surface area (Å²) < 4.78 is 59.5. The molecule has 0 saturated heterocycles. The van der Waals surface area contributed by atoms with Crippen molar-refractivity contribution in [1.29, 1.82) is 0 Å². The van der Waals surface area contributed by atoms with Gasteiger partial charge in [-0.05, 0) is 48.2 Å². The first-order chi connectivity index (χ1) is 12.0. The Bertz CT molecular complexity index is 923. The highest BCUT2D eigenvalue weighted by molar-refractivity contribution is 7.89. The first-order valence-corrected chi connectivity index (χ1v) is 9.79. The molecule has 0 amide bonds. The summed E-state index contributed by atoms with van der Waals surface area (Å²) in [5.74, 6) is -1.37. The summed E-state index contributed by atoms with van der Waals surface area (Å²) in [5.41, 5.74) is 0. The van der Waals surface area contributed by atoms with Crippen LogP contribution in [0.5, 0.6) is 0 Å². The van der Waals surface area contributed by atoms with Crippen molar-refractivity contribution in [3.63, 3.8) is 0 Å². The monoisotopic (exact) mass is 383 g/mol. The third kappa shape index (κ3) is 4.15. The zero-order chi connectivity index (χ0) is 17.9. The second-order valence-corrected chi connectivity index (χ2v) is 8.26. The largest absolute Gasteiger partial charge is 0.468 e.